The molecule has 6 nitrogen and oxygen atoms in total. The van der Waals surface area contributed by atoms with Crippen LogP contribution >= 0.6 is 0 Å². The van der Waals surface area contributed by atoms with E-state index < -0.39 is 11.6 Å². The number of hydrogen-bond acceptors (Lipinski definition) is 5. The number of esters is 1. The molecular weight excluding hydrogens is 246 g/mol. The van der Waals surface area contributed by atoms with E-state index >= 15 is 0 Å². The van der Waals surface area contributed by atoms with E-state index in [1.165, 1.54) is 6.20 Å². The van der Waals surface area contributed by atoms with Crippen LogP contribution in [-0.2, 0) is 18.3 Å². The molecule has 1 atom stereocenters. The second-order valence-electron chi connectivity index (χ2n) is 5.10. The molecular formula is C13H23N3O3. The van der Waals surface area contributed by atoms with Gasteiger partial charge in [0.15, 0.2) is 0 Å². The van der Waals surface area contributed by atoms with Gasteiger partial charge in [-0.2, -0.15) is 5.10 Å². The predicted molar refractivity (Wildman–Crippen MR) is 71.8 cm³/mol. The average Bonchev–Trinajstić information content (AvgIpc) is 2.68. The molecule has 0 aliphatic carbocycles. The van der Waals surface area contributed by atoms with Gasteiger partial charge in [-0.15, -0.1) is 0 Å². The van der Waals surface area contributed by atoms with E-state index in [1.807, 2.05) is 13.8 Å². The average molecular weight is 269 g/mol. The van der Waals surface area contributed by atoms with E-state index in [2.05, 4.69) is 10.4 Å². The standard InChI is InChI=1S/C13H23N3O3/c1-6-19-12(18)10-7-15-16(5)11(10)8-14-13(3,4)9(2)17/h7,9,14,17H,6,8H2,1-5H3. The molecule has 0 saturated heterocycles. The van der Waals surface area contributed by atoms with Gasteiger partial charge in [-0.1, -0.05) is 0 Å². The minimum atomic E-state index is -0.508. The minimum absolute atomic E-state index is 0.333. The number of rotatable bonds is 6. The minimum Gasteiger partial charge on any atom is -0.462 e. The van der Waals surface area contributed by atoms with Crippen molar-refractivity contribution in [2.75, 3.05) is 6.61 Å². The summed E-state index contributed by atoms with van der Waals surface area (Å²) in [6, 6.07) is 0. The molecule has 108 valence electrons. The Morgan fingerprint density at radius 2 is 2.26 bits per heavy atom. The first kappa shape index (κ1) is 15.7. The zero-order valence-corrected chi connectivity index (χ0v) is 12.2. The van der Waals surface area contributed by atoms with Gasteiger partial charge in [0.25, 0.3) is 0 Å². The van der Waals surface area contributed by atoms with Gasteiger partial charge in [-0.3, -0.25) is 4.68 Å². The maximum atomic E-state index is 11.8. The summed E-state index contributed by atoms with van der Waals surface area (Å²) in [7, 11) is 1.77. The summed E-state index contributed by atoms with van der Waals surface area (Å²) in [5, 5.41) is 17.0. The van der Waals surface area contributed by atoms with Gasteiger partial charge < -0.3 is 15.2 Å². The first-order valence-corrected chi connectivity index (χ1v) is 6.40. The summed E-state index contributed by atoms with van der Waals surface area (Å²) in [6.07, 6.45) is 0.997. The molecule has 1 unspecified atom stereocenters. The van der Waals surface area contributed by atoms with Gasteiger partial charge in [0, 0.05) is 19.1 Å². The molecule has 1 aromatic rings. The zero-order chi connectivity index (χ0) is 14.6. The van der Waals surface area contributed by atoms with Crippen molar-refractivity contribution in [3.05, 3.63) is 17.5 Å². The topological polar surface area (TPSA) is 76.4 Å². The second-order valence-corrected chi connectivity index (χ2v) is 5.10. The van der Waals surface area contributed by atoms with Crippen LogP contribution in [0.3, 0.4) is 0 Å². The summed E-state index contributed by atoms with van der Waals surface area (Å²) in [4.78, 5) is 11.8. The van der Waals surface area contributed by atoms with Gasteiger partial charge in [-0.05, 0) is 27.7 Å². The van der Waals surface area contributed by atoms with E-state index in [0.717, 1.165) is 5.69 Å². The Morgan fingerprint density at radius 3 is 2.79 bits per heavy atom. The Labute approximate surface area is 113 Å². The molecule has 0 spiro atoms. The number of hydrogen-bond donors (Lipinski definition) is 2. The van der Waals surface area contributed by atoms with Crippen LogP contribution in [0.1, 0.15) is 43.7 Å². The zero-order valence-electron chi connectivity index (χ0n) is 12.2. The van der Waals surface area contributed by atoms with Crippen molar-refractivity contribution in [2.24, 2.45) is 7.05 Å². The Kier molecular flexibility index (Phi) is 5.08. The maximum Gasteiger partial charge on any atom is 0.341 e. The molecule has 0 radical (unpaired) electrons. The summed E-state index contributed by atoms with van der Waals surface area (Å²) < 4.78 is 6.63. The summed E-state index contributed by atoms with van der Waals surface area (Å²) in [5.74, 6) is -0.373. The van der Waals surface area contributed by atoms with Gasteiger partial charge in [0.2, 0.25) is 0 Å². The van der Waals surface area contributed by atoms with E-state index in [0.29, 0.717) is 18.7 Å². The molecule has 2 N–H and O–H groups in total. The number of aryl methyl sites for hydroxylation is 1. The monoisotopic (exact) mass is 269 g/mol. The number of ether oxygens (including phenoxy) is 1. The van der Waals surface area contributed by atoms with Crippen LogP contribution in [0.4, 0.5) is 0 Å². The number of nitrogens with zero attached hydrogens (tertiary/aromatic N) is 2. The Bertz CT molecular complexity index is 438. The van der Waals surface area contributed by atoms with Crippen molar-refractivity contribution in [3.8, 4) is 0 Å². The number of carbonyl (C=O) groups is 1. The quantitative estimate of drug-likeness (QED) is 0.749. The van der Waals surface area contributed by atoms with E-state index in [9.17, 15) is 9.90 Å². The fraction of sp³-hybridized carbons (Fsp3) is 0.692. The molecule has 0 fully saturated rings. The SMILES string of the molecule is CCOC(=O)c1cnn(C)c1CNC(C)(C)C(C)O. The lowest BCUT2D eigenvalue weighted by atomic mass is 9.98. The third-order valence-corrected chi connectivity index (χ3v) is 3.31. The molecule has 0 bridgehead atoms. The van der Waals surface area contributed by atoms with Crippen LogP contribution in [0.15, 0.2) is 6.20 Å². The van der Waals surface area contributed by atoms with Gasteiger partial charge in [-0.25, -0.2) is 4.79 Å². The van der Waals surface area contributed by atoms with Gasteiger partial charge in [0.1, 0.15) is 5.56 Å². The van der Waals surface area contributed by atoms with Crippen molar-refractivity contribution >= 4 is 5.97 Å². The lowest BCUT2D eigenvalue weighted by Crippen LogP contribution is -2.48. The fourth-order valence-electron chi connectivity index (χ4n) is 1.51. The largest absolute Gasteiger partial charge is 0.462 e. The number of aromatic nitrogens is 2. The second kappa shape index (κ2) is 6.16. The summed E-state index contributed by atoms with van der Waals surface area (Å²) >= 11 is 0. The summed E-state index contributed by atoms with van der Waals surface area (Å²) in [6.45, 7) is 8.06. The molecule has 0 aliphatic rings. The van der Waals surface area contributed by atoms with Crippen LogP contribution < -0.4 is 5.32 Å². The van der Waals surface area contributed by atoms with Crippen molar-refractivity contribution in [1.82, 2.24) is 15.1 Å². The molecule has 1 aromatic heterocycles. The van der Waals surface area contributed by atoms with Gasteiger partial charge >= 0.3 is 5.97 Å². The highest BCUT2D eigenvalue weighted by Crippen LogP contribution is 2.13. The fourth-order valence-corrected chi connectivity index (χ4v) is 1.51. The highest BCUT2D eigenvalue weighted by atomic mass is 16.5. The predicted octanol–water partition coefficient (Wildman–Crippen LogP) is 0.846. The molecule has 0 aliphatic heterocycles. The van der Waals surface area contributed by atoms with E-state index in [1.54, 1.807) is 25.6 Å². The highest BCUT2D eigenvalue weighted by Gasteiger charge is 2.25. The van der Waals surface area contributed by atoms with Crippen LogP contribution in [0, 0.1) is 0 Å². The lowest BCUT2D eigenvalue weighted by Gasteiger charge is -2.29. The van der Waals surface area contributed by atoms with Gasteiger partial charge in [0.05, 0.1) is 24.6 Å². The van der Waals surface area contributed by atoms with Crippen LogP contribution in [0.5, 0.6) is 0 Å². The molecule has 0 amide bonds. The molecule has 1 rings (SSSR count). The number of aliphatic hydroxyl groups is 1. The Hall–Kier alpha value is -1.40. The third-order valence-electron chi connectivity index (χ3n) is 3.31. The first-order valence-electron chi connectivity index (χ1n) is 6.40. The molecule has 6 heteroatoms. The third kappa shape index (κ3) is 3.78. The number of carbonyl (C=O) groups excluding carboxylic acids is 1. The van der Waals surface area contributed by atoms with E-state index in [4.69, 9.17) is 4.74 Å². The number of nitrogens with one attached hydrogen (secondary N) is 1. The summed E-state index contributed by atoms with van der Waals surface area (Å²) in [5.41, 5.74) is 0.751. The Balaban J connectivity index is 2.84. The van der Waals surface area contributed by atoms with Crippen LogP contribution in [-0.4, -0.2) is 39.1 Å². The highest BCUT2D eigenvalue weighted by molar-refractivity contribution is 5.90. The van der Waals surface area contributed by atoms with Crippen molar-refractivity contribution in [3.63, 3.8) is 0 Å². The van der Waals surface area contributed by atoms with Crippen molar-refractivity contribution in [1.29, 1.82) is 0 Å². The Morgan fingerprint density at radius 1 is 1.63 bits per heavy atom. The lowest BCUT2D eigenvalue weighted by molar-refractivity contribution is 0.0524. The molecule has 0 saturated carbocycles. The number of aliphatic hydroxyl groups excluding tert-OH is 1. The normalized spacial score (nSPS) is 13.4. The molecule has 19 heavy (non-hydrogen) atoms. The maximum absolute atomic E-state index is 11.8. The van der Waals surface area contributed by atoms with Crippen molar-refractivity contribution in [2.45, 2.75) is 45.9 Å². The van der Waals surface area contributed by atoms with Crippen LogP contribution in [0.2, 0.25) is 0 Å². The van der Waals surface area contributed by atoms with Crippen LogP contribution in [0.25, 0.3) is 0 Å². The van der Waals surface area contributed by atoms with E-state index in [-0.39, 0.29) is 5.97 Å². The smallest absolute Gasteiger partial charge is 0.341 e. The molecule has 0 aromatic carbocycles. The first-order chi connectivity index (χ1) is 8.79. The molecule has 1 heterocycles. The van der Waals surface area contributed by atoms with Crippen molar-refractivity contribution < 1.29 is 14.6 Å².